The lowest BCUT2D eigenvalue weighted by Gasteiger charge is -2.17. The summed E-state index contributed by atoms with van der Waals surface area (Å²) >= 11 is 7.77. The Morgan fingerprint density at radius 1 is 1.21 bits per heavy atom. The van der Waals surface area contributed by atoms with Gasteiger partial charge in [0.2, 0.25) is 0 Å². The second kappa shape index (κ2) is 9.65. The highest BCUT2D eigenvalue weighted by atomic mass is 35.5. The maximum atomic E-state index is 13.4. The number of Topliss-reactive ketones (excluding diaryl/α,β-unsaturated/α-hetero) is 3. The van der Waals surface area contributed by atoms with Crippen molar-refractivity contribution in [1.82, 2.24) is 4.98 Å². The summed E-state index contributed by atoms with van der Waals surface area (Å²) in [6.45, 7) is 3.67. The van der Waals surface area contributed by atoms with E-state index in [2.05, 4.69) is 4.98 Å². The van der Waals surface area contributed by atoms with E-state index in [0.29, 0.717) is 29.7 Å². The fourth-order valence-corrected chi connectivity index (χ4v) is 5.59. The van der Waals surface area contributed by atoms with Gasteiger partial charge < -0.3 is 0 Å². The Morgan fingerprint density at radius 2 is 1.94 bits per heavy atom. The monoisotopic (exact) mass is 483 g/mol. The molecule has 0 N–H and O–H groups in total. The number of hydrogen-bond donors (Lipinski definition) is 0. The molecule has 2 aromatic heterocycles. The van der Waals surface area contributed by atoms with E-state index in [1.54, 1.807) is 11.3 Å². The molecule has 0 amide bonds. The van der Waals surface area contributed by atoms with Gasteiger partial charge in [0, 0.05) is 35.6 Å². The molecule has 170 valence electrons. The van der Waals surface area contributed by atoms with Crippen molar-refractivity contribution in [2.75, 3.05) is 0 Å². The summed E-state index contributed by atoms with van der Waals surface area (Å²) in [7, 11) is 0. The molecule has 7 heteroatoms. The number of halogens is 2. The Bertz CT molecular complexity index is 1220. The molecule has 0 spiro atoms. The molecule has 0 aliphatic heterocycles. The summed E-state index contributed by atoms with van der Waals surface area (Å²) in [5, 5.41) is 2.16. The van der Waals surface area contributed by atoms with E-state index in [9.17, 15) is 18.8 Å². The van der Waals surface area contributed by atoms with Crippen LogP contribution in [-0.2, 0) is 20.8 Å². The topological polar surface area (TPSA) is 64.1 Å². The lowest BCUT2D eigenvalue weighted by molar-refractivity contribution is -0.127. The lowest BCUT2D eigenvalue weighted by atomic mass is 9.85. The predicted octanol–water partition coefficient (Wildman–Crippen LogP) is 6.05. The van der Waals surface area contributed by atoms with Gasteiger partial charge in [0.25, 0.3) is 0 Å². The summed E-state index contributed by atoms with van der Waals surface area (Å²) in [6.07, 6.45) is 2.34. The largest absolute Gasteiger partial charge is 0.300 e. The van der Waals surface area contributed by atoms with Crippen molar-refractivity contribution < 1.29 is 18.8 Å². The first-order chi connectivity index (χ1) is 15.7. The van der Waals surface area contributed by atoms with E-state index in [-0.39, 0.29) is 35.2 Å². The third-order valence-corrected chi connectivity index (χ3v) is 7.35. The number of benzene rings is 1. The summed E-state index contributed by atoms with van der Waals surface area (Å²) in [6, 6.07) is 8.77. The molecule has 0 bridgehead atoms. The van der Waals surface area contributed by atoms with Crippen LogP contribution in [0.3, 0.4) is 0 Å². The average molecular weight is 484 g/mol. The number of aryl methyl sites for hydroxylation is 3. The fraction of sp³-hybridized carbons (Fsp3) is 0.308. The van der Waals surface area contributed by atoms with Gasteiger partial charge in [0.15, 0.2) is 5.78 Å². The standard InChI is InChI=1S/C26H23ClFNO3S/c1-14-8-16(25-21(27)12-18(28)13-29-25)9-15(2)23(14)24-22(31)11-17(26(24)32)10-19(30)5-6-20-4-3-7-33-20/h3-4,7-9,12-13,17,24H,5-6,10-11H2,1-2H3. The van der Waals surface area contributed by atoms with Crippen LogP contribution in [0.15, 0.2) is 41.9 Å². The zero-order valence-electron chi connectivity index (χ0n) is 18.4. The van der Waals surface area contributed by atoms with Gasteiger partial charge in [-0.15, -0.1) is 11.3 Å². The number of carbonyl (C=O) groups excluding carboxylic acids is 3. The molecule has 0 saturated heterocycles. The van der Waals surface area contributed by atoms with E-state index in [0.717, 1.165) is 22.2 Å². The Hall–Kier alpha value is -2.70. The number of ketones is 3. The SMILES string of the molecule is Cc1cc(-c2ncc(F)cc2Cl)cc(C)c1C1C(=O)CC(CC(=O)CCc2cccs2)C1=O. The van der Waals surface area contributed by atoms with Crippen LogP contribution in [0.4, 0.5) is 4.39 Å². The highest BCUT2D eigenvalue weighted by Crippen LogP contribution is 2.39. The Morgan fingerprint density at radius 3 is 2.58 bits per heavy atom. The first kappa shape index (κ1) is 23.5. The number of aromatic nitrogens is 1. The molecule has 4 rings (SSSR count). The molecule has 33 heavy (non-hydrogen) atoms. The first-order valence-electron chi connectivity index (χ1n) is 10.8. The quantitative estimate of drug-likeness (QED) is 0.383. The van der Waals surface area contributed by atoms with Crippen molar-refractivity contribution in [1.29, 1.82) is 0 Å². The Kier molecular flexibility index (Phi) is 6.86. The van der Waals surface area contributed by atoms with Crippen LogP contribution in [-0.4, -0.2) is 22.3 Å². The van der Waals surface area contributed by atoms with Crippen LogP contribution in [0.2, 0.25) is 5.02 Å². The summed E-state index contributed by atoms with van der Waals surface area (Å²) in [4.78, 5) is 43.8. The number of pyridine rings is 1. The van der Waals surface area contributed by atoms with E-state index in [1.165, 1.54) is 6.07 Å². The van der Waals surface area contributed by atoms with Crippen LogP contribution in [0, 0.1) is 25.6 Å². The molecule has 2 heterocycles. The molecule has 1 aliphatic carbocycles. The van der Waals surface area contributed by atoms with Gasteiger partial charge in [-0.1, -0.05) is 17.7 Å². The van der Waals surface area contributed by atoms with Crippen molar-refractivity contribution >= 4 is 40.3 Å². The maximum Gasteiger partial charge on any atom is 0.151 e. The number of carbonyl (C=O) groups is 3. The van der Waals surface area contributed by atoms with Gasteiger partial charge in [-0.2, -0.15) is 0 Å². The van der Waals surface area contributed by atoms with Crippen molar-refractivity contribution in [2.24, 2.45) is 5.92 Å². The number of thiophene rings is 1. The third-order valence-electron chi connectivity index (χ3n) is 6.12. The first-order valence-corrected chi connectivity index (χ1v) is 12.0. The minimum Gasteiger partial charge on any atom is -0.300 e. The van der Waals surface area contributed by atoms with Gasteiger partial charge in [-0.05, 0) is 66.6 Å². The number of rotatable bonds is 7. The van der Waals surface area contributed by atoms with E-state index >= 15 is 0 Å². The minimum absolute atomic E-state index is 0.0102. The van der Waals surface area contributed by atoms with E-state index in [4.69, 9.17) is 11.6 Å². The van der Waals surface area contributed by atoms with Gasteiger partial charge >= 0.3 is 0 Å². The van der Waals surface area contributed by atoms with Crippen LogP contribution >= 0.6 is 22.9 Å². The highest BCUT2D eigenvalue weighted by Gasteiger charge is 2.43. The molecular weight excluding hydrogens is 461 g/mol. The third kappa shape index (κ3) is 4.97. The summed E-state index contributed by atoms with van der Waals surface area (Å²) < 4.78 is 13.4. The second-order valence-electron chi connectivity index (χ2n) is 8.53. The van der Waals surface area contributed by atoms with E-state index in [1.807, 2.05) is 43.5 Å². The van der Waals surface area contributed by atoms with Crippen LogP contribution in [0.1, 0.15) is 46.7 Å². The van der Waals surface area contributed by atoms with E-state index < -0.39 is 17.7 Å². The fourth-order valence-electron chi connectivity index (χ4n) is 4.62. The normalized spacial score (nSPS) is 18.2. The van der Waals surface area contributed by atoms with Gasteiger partial charge in [-0.25, -0.2) is 4.39 Å². The lowest BCUT2D eigenvalue weighted by Crippen LogP contribution is -2.19. The molecule has 1 aromatic carbocycles. The molecule has 3 aromatic rings. The Balaban J connectivity index is 1.53. The maximum absolute atomic E-state index is 13.4. The molecule has 4 nitrogen and oxygen atoms in total. The number of hydrogen-bond acceptors (Lipinski definition) is 5. The van der Waals surface area contributed by atoms with Gasteiger partial charge in [0.05, 0.1) is 16.9 Å². The molecule has 1 saturated carbocycles. The molecular formula is C26H23ClFNO3S. The predicted molar refractivity (Wildman–Crippen MR) is 127 cm³/mol. The molecule has 2 unspecified atom stereocenters. The van der Waals surface area contributed by atoms with Gasteiger partial charge in [0.1, 0.15) is 23.3 Å². The van der Waals surface area contributed by atoms with Crippen LogP contribution in [0.25, 0.3) is 11.3 Å². The van der Waals surface area contributed by atoms with Gasteiger partial charge in [-0.3, -0.25) is 19.4 Å². The zero-order valence-corrected chi connectivity index (χ0v) is 19.9. The van der Waals surface area contributed by atoms with Crippen LogP contribution in [0.5, 0.6) is 0 Å². The number of nitrogens with zero attached hydrogens (tertiary/aromatic N) is 1. The Labute approximate surface area is 200 Å². The summed E-state index contributed by atoms with van der Waals surface area (Å²) in [5.74, 6) is -2.26. The van der Waals surface area contributed by atoms with Crippen molar-refractivity contribution in [2.45, 2.75) is 45.4 Å². The molecule has 1 aliphatic rings. The second-order valence-corrected chi connectivity index (χ2v) is 9.97. The summed E-state index contributed by atoms with van der Waals surface area (Å²) in [5.41, 5.74) is 3.35. The average Bonchev–Trinajstić information content (AvgIpc) is 3.35. The molecule has 2 atom stereocenters. The van der Waals surface area contributed by atoms with Crippen molar-refractivity contribution in [3.8, 4) is 11.3 Å². The minimum atomic E-state index is -0.856. The van der Waals surface area contributed by atoms with Crippen LogP contribution < -0.4 is 0 Å². The van der Waals surface area contributed by atoms with Crippen molar-refractivity contribution in [3.05, 3.63) is 74.3 Å². The molecule has 1 fully saturated rings. The molecule has 0 radical (unpaired) electrons. The van der Waals surface area contributed by atoms with Crippen molar-refractivity contribution in [3.63, 3.8) is 0 Å². The smallest absolute Gasteiger partial charge is 0.151 e. The zero-order chi connectivity index (χ0) is 23.7. The highest BCUT2D eigenvalue weighted by molar-refractivity contribution is 7.09.